The van der Waals surface area contributed by atoms with Crippen LogP contribution in [0.2, 0.25) is 0 Å². The van der Waals surface area contributed by atoms with E-state index in [1.165, 1.54) is 0 Å². The number of carbonyl (C=O) groups excluding carboxylic acids is 1. The normalized spacial score (nSPS) is 23.5. The van der Waals surface area contributed by atoms with Gasteiger partial charge >= 0.3 is 0 Å². The van der Waals surface area contributed by atoms with E-state index in [-0.39, 0.29) is 11.3 Å². The highest BCUT2D eigenvalue weighted by molar-refractivity contribution is 5.73. The van der Waals surface area contributed by atoms with E-state index in [4.69, 9.17) is 5.26 Å². The van der Waals surface area contributed by atoms with Gasteiger partial charge in [-0.2, -0.15) is 5.26 Å². The molecule has 0 aromatic rings. The average molecular weight is 235 g/mol. The molecular weight excluding hydrogens is 214 g/mol. The third-order valence-corrected chi connectivity index (χ3v) is 4.18. The van der Waals surface area contributed by atoms with Crippen LogP contribution < -0.4 is 0 Å². The second-order valence-corrected chi connectivity index (χ2v) is 5.54. The maximum atomic E-state index is 11.2. The Bertz CT molecular complexity index is 335. The van der Waals surface area contributed by atoms with Crippen molar-refractivity contribution in [3.8, 4) is 6.07 Å². The number of amides is 1. The van der Waals surface area contributed by atoms with E-state index in [2.05, 4.69) is 18.0 Å². The summed E-state index contributed by atoms with van der Waals surface area (Å²) in [6.45, 7) is 4.26. The summed E-state index contributed by atoms with van der Waals surface area (Å²) in [4.78, 5) is 15.5. The molecule has 0 N–H and O–H groups in total. The van der Waals surface area contributed by atoms with Gasteiger partial charge in [0, 0.05) is 32.6 Å². The SMILES string of the molecule is CC(=O)N1CCC(N(C)CC2(C#N)CC2)CC1. The van der Waals surface area contributed by atoms with E-state index in [0.29, 0.717) is 6.04 Å². The van der Waals surface area contributed by atoms with E-state index in [9.17, 15) is 4.79 Å². The summed E-state index contributed by atoms with van der Waals surface area (Å²) in [5.74, 6) is 0.182. The lowest BCUT2D eigenvalue weighted by Crippen LogP contribution is -2.46. The molecule has 2 rings (SSSR count). The van der Waals surface area contributed by atoms with E-state index in [0.717, 1.165) is 45.3 Å². The number of hydrogen-bond acceptors (Lipinski definition) is 3. The predicted molar refractivity (Wildman–Crippen MR) is 65.2 cm³/mol. The molecule has 1 saturated heterocycles. The Morgan fingerprint density at radius 2 is 2.06 bits per heavy atom. The van der Waals surface area contributed by atoms with Gasteiger partial charge in [-0.25, -0.2) is 0 Å². The van der Waals surface area contributed by atoms with Crippen LogP contribution in [0.4, 0.5) is 0 Å². The van der Waals surface area contributed by atoms with Crippen molar-refractivity contribution in [1.29, 1.82) is 5.26 Å². The van der Waals surface area contributed by atoms with Crippen molar-refractivity contribution in [2.75, 3.05) is 26.7 Å². The molecule has 4 nitrogen and oxygen atoms in total. The maximum Gasteiger partial charge on any atom is 0.219 e. The highest BCUT2D eigenvalue weighted by Gasteiger charge is 2.44. The summed E-state index contributed by atoms with van der Waals surface area (Å²) in [5, 5.41) is 9.09. The molecule has 1 heterocycles. The smallest absolute Gasteiger partial charge is 0.219 e. The van der Waals surface area contributed by atoms with Crippen LogP contribution >= 0.6 is 0 Å². The molecule has 0 spiro atoms. The Morgan fingerprint density at radius 1 is 1.47 bits per heavy atom. The zero-order valence-corrected chi connectivity index (χ0v) is 10.8. The lowest BCUT2D eigenvalue weighted by molar-refractivity contribution is -0.130. The molecule has 4 heteroatoms. The molecule has 0 unspecified atom stereocenters. The van der Waals surface area contributed by atoms with Crippen molar-refractivity contribution in [2.24, 2.45) is 5.41 Å². The summed E-state index contributed by atoms with van der Waals surface area (Å²) in [6.07, 6.45) is 4.19. The topological polar surface area (TPSA) is 47.3 Å². The van der Waals surface area contributed by atoms with Gasteiger partial charge in [0.25, 0.3) is 0 Å². The van der Waals surface area contributed by atoms with Crippen molar-refractivity contribution >= 4 is 5.91 Å². The van der Waals surface area contributed by atoms with Crippen LogP contribution in [0, 0.1) is 16.7 Å². The fourth-order valence-electron chi connectivity index (χ4n) is 2.68. The average Bonchev–Trinajstić information content (AvgIpc) is 3.09. The Morgan fingerprint density at radius 3 is 2.47 bits per heavy atom. The van der Waals surface area contributed by atoms with Gasteiger partial charge in [-0.05, 0) is 32.7 Å². The molecule has 1 saturated carbocycles. The molecule has 0 bridgehead atoms. The highest BCUT2D eigenvalue weighted by atomic mass is 16.2. The first-order chi connectivity index (χ1) is 8.06. The minimum absolute atomic E-state index is 0.0491. The van der Waals surface area contributed by atoms with Gasteiger partial charge in [-0.3, -0.25) is 4.79 Å². The van der Waals surface area contributed by atoms with Crippen LogP contribution in [0.1, 0.15) is 32.6 Å². The van der Waals surface area contributed by atoms with Crippen molar-refractivity contribution in [2.45, 2.75) is 38.6 Å². The van der Waals surface area contributed by atoms with Crippen molar-refractivity contribution in [3.05, 3.63) is 0 Å². The Balaban J connectivity index is 1.80. The number of nitriles is 1. The van der Waals surface area contributed by atoms with Crippen molar-refractivity contribution in [1.82, 2.24) is 9.80 Å². The molecule has 1 amide bonds. The van der Waals surface area contributed by atoms with E-state index < -0.39 is 0 Å². The quantitative estimate of drug-likeness (QED) is 0.739. The summed E-state index contributed by atoms with van der Waals surface area (Å²) < 4.78 is 0. The molecular formula is C13H21N3O. The van der Waals surface area contributed by atoms with Gasteiger partial charge in [-0.1, -0.05) is 0 Å². The van der Waals surface area contributed by atoms with Crippen LogP contribution in [0.25, 0.3) is 0 Å². The highest BCUT2D eigenvalue weighted by Crippen LogP contribution is 2.45. The van der Waals surface area contributed by atoms with Gasteiger partial charge in [0.15, 0.2) is 0 Å². The zero-order chi connectivity index (χ0) is 12.5. The maximum absolute atomic E-state index is 11.2. The molecule has 0 atom stereocenters. The minimum atomic E-state index is -0.0491. The largest absolute Gasteiger partial charge is 0.343 e. The van der Waals surface area contributed by atoms with Crippen LogP contribution in [0.5, 0.6) is 0 Å². The number of rotatable bonds is 3. The molecule has 0 radical (unpaired) electrons. The van der Waals surface area contributed by atoms with Gasteiger partial charge in [0.2, 0.25) is 5.91 Å². The van der Waals surface area contributed by atoms with Gasteiger partial charge in [0.1, 0.15) is 0 Å². The van der Waals surface area contributed by atoms with Crippen molar-refractivity contribution < 1.29 is 4.79 Å². The molecule has 94 valence electrons. The first kappa shape index (κ1) is 12.4. The standard InChI is InChI=1S/C13H21N3O/c1-11(17)16-7-3-12(4-8-16)15(2)10-13(9-14)5-6-13/h12H,3-8,10H2,1-2H3. The van der Waals surface area contributed by atoms with Crippen LogP contribution in [0.3, 0.4) is 0 Å². The summed E-state index contributed by atoms with van der Waals surface area (Å²) in [6, 6.07) is 2.98. The van der Waals surface area contributed by atoms with Gasteiger partial charge < -0.3 is 9.80 Å². The Hall–Kier alpha value is -1.08. The molecule has 2 aliphatic rings. The monoisotopic (exact) mass is 235 g/mol. The lowest BCUT2D eigenvalue weighted by atomic mass is 10.0. The van der Waals surface area contributed by atoms with Crippen molar-refractivity contribution in [3.63, 3.8) is 0 Å². The fraction of sp³-hybridized carbons (Fsp3) is 0.846. The summed E-state index contributed by atoms with van der Waals surface area (Å²) >= 11 is 0. The summed E-state index contributed by atoms with van der Waals surface area (Å²) in [7, 11) is 2.12. The van der Waals surface area contributed by atoms with Gasteiger partial charge in [-0.15, -0.1) is 0 Å². The van der Waals surface area contributed by atoms with Crippen LogP contribution in [-0.2, 0) is 4.79 Å². The van der Waals surface area contributed by atoms with E-state index in [1.807, 2.05) is 4.90 Å². The Labute approximate surface area is 103 Å². The number of piperidine rings is 1. The molecule has 17 heavy (non-hydrogen) atoms. The molecule has 1 aliphatic carbocycles. The lowest BCUT2D eigenvalue weighted by Gasteiger charge is -2.37. The number of nitrogens with zero attached hydrogens (tertiary/aromatic N) is 3. The number of carbonyl (C=O) groups is 1. The first-order valence-electron chi connectivity index (χ1n) is 6.43. The number of likely N-dealkylation sites (tertiary alicyclic amines) is 1. The second kappa shape index (κ2) is 4.66. The fourth-order valence-corrected chi connectivity index (χ4v) is 2.68. The van der Waals surface area contributed by atoms with Gasteiger partial charge in [0.05, 0.1) is 11.5 Å². The van der Waals surface area contributed by atoms with Crippen LogP contribution in [0.15, 0.2) is 0 Å². The second-order valence-electron chi connectivity index (χ2n) is 5.54. The zero-order valence-electron chi connectivity index (χ0n) is 10.8. The third-order valence-electron chi connectivity index (χ3n) is 4.18. The Kier molecular flexibility index (Phi) is 3.39. The third kappa shape index (κ3) is 2.78. The molecule has 1 aliphatic heterocycles. The van der Waals surface area contributed by atoms with E-state index in [1.54, 1.807) is 6.92 Å². The van der Waals surface area contributed by atoms with Crippen LogP contribution in [-0.4, -0.2) is 48.4 Å². The van der Waals surface area contributed by atoms with E-state index >= 15 is 0 Å². The predicted octanol–water partition coefficient (Wildman–Crippen LogP) is 1.23. The molecule has 0 aromatic carbocycles. The number of hydrogen-bond donors (Lipinski definition) is 0. The first-order valence-corrected chi connectivity index (χ1v) is 6.43. The molecule has 2 fully saturated rings. The summed E-state index contributed by atoms with van der Waals surface area (Å²) in [5.41, 5.74) is -0.0491. The molecule has 0 aromatic heterocycles. The minimum Gasteiger partial charge on any atom is -0.343 e.